The van der Waals surface area contributed by atoms with Crippen molar-refractivity contribution in [3.8, 4) is 5.75 Å². The molecule has 0 bridgehead atoms. The summed E-state index contributed by atoms with van der Waals surface area (Å²) in [5, 5.41) is 3.41. The van der Waals surface area contributed by atoms with E-state index < -0.39 is 0 Å². The monoisotopic (exact) mass is 409 g/mol. The van der Waals surface area contributed by atoms with E-state index >= 15 is 0 Å². The summed E-state index contributed by atoms with van der Waals surface area (Å²) in [6, 6.07) is 11.5. The van der Waals surface area contributed by atoms with E-state index in [0.717, 1.165) is 27.7 Å². The fourth-order valence-electron chi connectivity index (χ4n) is 2.46. The van der Waals surface area contributed by atoms with Crippen LogP contribution in [-0.4, -0.2) is 12.5 Å². The highest BCUT2D eigenvalue weighted by Gasteiger charge is 2.13. The number of hydrogen-bond donors (Lipinski definition) is 1. The van der Waals surface area contributed by atoms with E-state index in [1.54, 1.807) is 6.07 Å². The zero-order valence-corrected chi connectivity index (χ0v) is 16.4. The Kier molecular flexibility index (Phi) is 6.69. The Morgan fingerprint density at radius 2 is 2.04 bits per heavy atom. The molecule has 1 amide bonds. The number of rotatable bonds is 6. The number of carbonyl (C=O) groups is 1. The lowest BCUT2D eigenvalue weighted by Gasteiger charge is -2.16. The van der Waals surface area contributed by atoms with E-state index in [1.807, 2.05) is 37.3 Å². The predicted octanol–water partition coefficient (Wildman–Crippen LogP) is 5.94. The lowest BCUT2D eigenvalue weighted by molar-refractivity contribution is -0.118. The predicted molar refractivity (Wildman–Crippen MR) is 103 cm³/mol. The van der Waals surface area contributed by atoms with Crippen molar-refractivity contribution in [3.63, 3.8) is 0 Å². The van der Waals surface area contributed by atoms with Crippen LogP contribution in [0.15, 0.2) is 40.9 Å². The first-order valence-corrected chi connectivity index (χ1v) is 9.06. The Bertz CT molecular complexity index is 710. The molecule has 0 saturated heterocycles. The number of ether oxygens (including phenoxy) is 1. The molecule has 1 N–H and O–H groups in total. The lowest BCUT2D eigenvalue weighted by Crippen LogP contribution is -2.21. The first-order valence-electron chi connectivity index (χ1n) is 7.89. The third-order valence-corrected chi connectivity index (χ3v) is 4.66. The molecule has 0 aromatic heterocycles. The molecule has 0 fully saturated rings. The number of hydrogen-bond acceptors (Lipinski definition) is 2. The van der Waals surface area contributed by atoms with Crippen molar-refractivity contribution in [2.75, 3.05) is 11.9 Å². The summed E-state index contributed by atoms with van der Waals surface area (Å²) in [5.74, 6) is 0.708. The van der Waals surface area contributed by atoms with Gasteiger partial charge in [0.05, 0.1) is 5.02 Å². The number of amides is 1. The second-order valence-corrected chi connectivity index (χ2v) is 7.09. The molecule has 128 valence electrons. The fraction of sp³-hybridized carbons (Fsp3) is 0.316. The quantitative estimate of drug-likeness (QED) is 0.640. The van der Waals surface area contributed by atoms with Crippen molar-refractivity contribution in [2.24, 2.45) is 0 Å². The molecule has 2 rings (SSSR count). The van der Waals surface area contributed by atoms with Gasteiger partial charge in [-0.25, -0.2) is 0 Å². The minimum absolute atomic E-state index is 0.0863. The number of carbonyl (C=O) groups excluding carboxylic acids is 1. The molecule has 0 aliphatic rings. The van der Waals surface area contributed by atoms with E-state index in [-0.39, 0.29) is 12.5 Å². The number of anilines is 1. The summed E-state index contributed by atoms with van der Waals surface area (Å²) < 4.78 is 6.50. The smallest absolute Gasteiger partial charge is 0.262 e. The third kappa shape index (κ3) is 4.74. The number of benzene rings is 2. The summed E-state index contributed by atoms with van der Waals surface area (Å²) >= 11 is 9.56. The molecule has 0 spiro atoms. The molecule has 1 atom stereocenters. The maximum absolute atomic E-state index is 12.3. The van der Waals surface area contributed by atoms with Crippen LogP contribution in [0, 0.1) is 6.92 Å². The molecular formula is C19H21BrClNO2. The summed E-state index contributed by atoms with van der Waals surface area (Å²) in [6.07, 6.45) is 1.01. The SMILES string of the molecule is CC[C@@H](C)c1ccccc1NC(=O)COc1c(C)cc(Br)cc1Cl. The average molecular weight is 411 g/mol. The van der Waals surface area contributed by atoms with Gasteiger partial charge < -0.3 is 10.1 Å². The van der Waals surface area contributed by atoms with Gasteiger partial charge in [-0.3, -0.25) is 4.79 Å². The molecule has 5 heteroatoms. The molecule has 0 saturated carbocycles. The molecule has 0 aliphatic heterocycles. The second-order valence-electron chi connectivity index (χ2n) is 5.77. The molecule has 0 aliphatic carbocycles. The van der Waals surface area contributed by atoms with Gasteiger partial charge in [0.25, 0.3) is 5.91 Å². The first-order chi connectivity index (χ1) is 11.4. The van der Waals surface area contributed by atoms with Gasteiger partial charge in [-0.15, -0.1) is 0 Å². The van der Waals surface area contributed by atoms with Crippen molar-refractivity contribution in [2.45, 2.75) is 33.1 Å². The minimum Gasteiger partial charge on any atom is -0.482 e. The summed E-state index contributed by atoms with van der Waals surface area (Å²) in [7, 11) is 0. The van der Waals surface area contributed by atoms with Crippen LogP contribution in [0.25, 0.3) is 0 Å². The van der Waals surface area contributed by atoms with Crippen LogP contribution in [0.1, 0.15) is 37.3 Å². The summed E-state index contributed by atoms with van der Waals surface area (Å²) in [4.78, 5) is 12.3. The van der Waals surface area contributed by atoms with E-state index in [0.29, 0.717) is 16.7 Å². The van der Waals surface area contributed by atoms with Crippen LogP contribution >= 0.6 is 27.5 Å². The zero-order valence-electron chi connectivity index (χ0n) is 14.0. The maximum Gasteiger partial charge on any atom is 0.262 e. The highest BCUT2D eigenvalue weighted by molar-refractivity contribution is 9.10. The molecule has 2 aromatic rings. The Morgan fingerprint density at radius 3 is 2.71 bits per heavy atom. The van der Waals surface area contributed by atoms with Gasteiger partial charge in [-0.05, 0) is 48.6 Å². The van der Waals surface area contributed by atoms with Gasteiger partial charge in [-0.1, -0.05) is 59.6 Å². The Labute approximate surface area is 156 Å². The van der Waals surface area contributed by atoms with Crippen LogP contribution in [0.3, 0.4) is 0 Å². The van der Waals surface area contributed by atoms with E-state index in [4.69, 9.17) is 16.3 Å². The first kappa shape index (κ1) is 18.8. The Balaban J connectivity index is 2.05. The summed E-state index contributed by atoms with van der Waals surface area (Å²) in [6.45, 7) is 6.08. The Hall–Kier alpha value is -1.52. The second kappa shape index (κ2) is 8.54. The zero-order chi connectivity index (χ0) is 17.7. The number of para-hydroxylation sites is 1. The van der Waals surface area contributed by atoms with Crippen molar-refractivity contribution in [1.82, 2.24) is 0 Å². The number of halogens is 2. The van der Waals surface area contributed by atoms with Crippen LogP contribution in [0.5, 0.6) is 5.75 Å². The fourth-order valence-corrected chi connectivity index (χ4v) is 3.48. The largest absolute Gasteiger partial charge is 0.482 e. The maximum atomic E-state index is 12.3. The highest BCUT2D eigenvalue weighted by Crippen LogP contribution is 2.32. The van der Waals surface area contributed by atoms with Crippen molar-refractivity contribution < 1.29 is 9.53 Å². The van der Waals surface area contributed by atoms with Crippen molar-refractivity contribution in [3.05, 3.63) is 57.0 Å². The molecule has 0 unspecified atom stereocenters. The molecule has 0 radical (unpaired) electrons. The molecule has 0 heterocycles. The molecule has 24 heavy (non-hydrogen) atoms. The topological polar surface area (TPSA) is 38.3 Å². The van der Waals surface area contributed by atoms with Gasteiger partial charge in [0.1, 0.15) is 5.75 Å². The standard InChI is InChI=1S/C19H21BrClNO2/c1-4-12(2)15-7-5-6-8-17(15)22-18(23)11-24-19-13(3)9-14(20)10-16(19)21/h5-10,12H,4,11H2,1-3H3,(H,22,23)/t12-/m1/s1. The van der Waals surface area contributed by atoms with Crippen LogP contribution in [0.2, 0.25) is 5.02 Å². The van der Waals surface area contributed by atoms with E-state index in [1.165, 1.54) is 0 Å². The third-order valence-electron chi connectivity index (χ3n) is 3.92. The highest BCUT2D eigenvalue weighted by atomic mass is 79.9. The van der Waals surface area contributed by atoms with Crippen LogP contribution < -0.4 is 10.1 Å². The molecule has 2 aromatic carbocycles. The van der Waals surface area contributed by atoms with Gasteiger partial charge >= 0.3 is 0 Å². The van der Waals surface area contributed by atoms with Gasteiger partial charge in [0, 0.05) is 10.2 Å². The van der Waals surface area contributed by atoms with Crippen LogP contribution in [-0.2, 0) is 4.79 Å². The average Bonchev–Trinajstić information content (AvgIpc) is 2.53. The Morgan fingerprint density at radius 1 is 1.33 bits per heavy atom. The van der Waals surface area contributed by atoms with Crippen LogP contribution in [0.4, 0.5) is 5.69 Å². The van der Waals surface area contributed by atoms with Gasteiger partial charge in [-0.2, -0.15) is 0 Å². The number of aryl methyl sites for hydroxylation is 1. The van der Waals surface area contributed by atoms with Crippen molar-refractivity contribution >= 4 is 39.1 Å². The van der Waals surface area contributed by atoms with Gasteiger partial charge in [0.15, 0.2) is 6.61 Å². The molecular weight excluding hydrogens is 390 g/mol. The number of nitrogens with one attached hydrogen (secondary N) is 1. The molecule has 3 nitrogen and oxygen atoms in total. The normalized spacial score (nSPS) is 11.9. The van der Waals surface area contributed by atoms with Crippen molar-refractivity contribution in [1.29, 1.82) is 0 Å². The summed E-state index contributed by atoms with van der Waals surface area (Å²) in [5.41, 5.74) is 2.84. The lowest BCUT2D eigenvalue weighted by atomic mass is 9.97. The minimum atomic E-state index is -0.205. The van der Waals surface area contributed by atoms with E-state index in [2.05, 4.69) is 35.1 Å². The van der Waals surface area contributed by atoms with Gasteiger partial charge in [0.2, 0.25) is 0 Å². The van der Waals surface area contributed by atoms with E-state index in [9.17, 15) is 4.79 Å².